The number of hydrogen-bond donors (Lipinski definition) is 4. The number of anilines is 1. The molecular formula is C27H27FN10O. The van der Waals surface area contributed by atoms with Gasteiger partial charge < -0.3 is 20.0 Å². The molecule has 0 saturated heterocycles. The van der Waals surface area contributed by atoms with Crippen LogP contribution in [0.25, 0.3) is 50.5 Å². The van der Waals surface area contributed by atoms with E-state index in [4.69, 9.17) is 4.98 Å². The molecule has 6 rings (SSSR count). The first kappa shape index (κ1) is 24.6. The Labute approximate surface area is 222 Å². The highest BCUT2D eigenvalue weighted by molar-refractivity contribution is 5.95. The Bertz CT molecular complexity index is 1810. The molecule has 0 aromatic carbocycles. The second-order valence-corrected chi connectivity index (χ2v) is 10.7. The minimum Gasteiger partial charge on any atom is -0.374 e. The first-order valence-corrected chi connectivity index (χ1v) is 12.4. The van der Waals surface area contributed by atoms with Gasteiger partial charge in [-0.2, -0.15) is 5.10 Å². The molecule has 11 nitrogen and oxygen atoms in total. The molecular weight excluding hydrogens is 499 g/mol. The van der Waals surface area contributed by atoms with Crippen LogP contribution in [-0.2, 0) is 0 Å². The van der Waals surface area contributed by atoms with Crippen molar-refractivity contribution in [2.45, 2.75) is 40.3 Å². The number of rotatable bonds is 6. The summed E-state index contributed by atoms with van der Waals surface area (Å²) in [4.78, 5) is 25.1. The third kappa shape index (κ3) is 4.70. The van der Waals surface area contributed by atoms with Crippen LogP contribution < -0.4 is 5.32 Å². The third-order valence-electron chi connectivity index (χ3n) is 6.27. The van der Waals surface area contributed by atoms with Crippen LogP contribution in [0.5, 0.6) is 0 Å². The fraction of sp³-hybridized carbons (Fsp3) is 0.259. The van der Waals surface area contributed by atoms with Gasteiger partial charge in [0, 0.05) is 24.2 Å². The summed E-state index contributed by atoms with van der Waals surface area (Å²) in [5.74, 6) is -0.202. The van der Waals surface area contributed by atoms with E-state index in [-0.39, 0.29) is 16.5 Å². The number of aliphatic hydroxyl groups excluding tert-OH is 1. The van der Waals surface area contributed by atoms with Crippen LogP contribution in [0.4, 0.5) is 10.1 Å². The molecule has 0 spiro atoms. The van der Waals surface area contributed by atoms with E-state index in [1.807, 2.05) is 44.5 Å². The van der Waals surface area contributed by atoms with E-state index >= 15 is 4.39 Å². The van der Waals surface area contributed by atoms with E-state index in [1.54, 1.807) is 24.8 Å². The lowest BCUT2D eigenvalue weighted by Crippen LogP contribution is -2.25. The summed E-state index contributed by atoms with van der Waals surface area (Å²) in [6.45, 7) is 8.04. The van der Waals surface area contributed by atoms with Gasteiger partial charge in [-0.25, -0.2) is 19.3 Å². The van der Waals surface area contributed by atoms with E-state index in [0.717, 1.165) is 11.4 Å². The second-order valence-electron chi connectivity index (χ2n) is 10.7. The van der Waals surface area contributed by atoms with Gasteiger partial charge in [-0.05, 0) is 30.9 Å². The molecule has 0 aliphatic rings. The molecule has 6 aromatic rings. The summed E-state index contributed by atoms with van der Waals surface area (Å²) in [6, 6.07) is 3.55. The molecule has 0 bridgehead atoms. The maximum Gasteiger partial charge on any atom is 0.161 e. The standard InChI is InChI=1S/C27H27FN10O/c1-14-12-38(13-32-14)18-5-6-30-25-23(18)34-26(35-25)24-20-17(36-37-24)11-31-22(21(20)28)15-7-16(10-29-9-15)33-19(39)8-27(2,3)4/h5-7,9-13,19,33,39H,8H2,1-4H3,(H,36,37)(H,30,34,35). The zero-order valence-corrected chi connectivity index (χ0v) is 21.9. The Morgan fingerprint density at radius 2 is 1.97 bits per heavy atom. The highest BCUT2D eigenvalue weighted by Gasteiger charge is 2.22. The summed E-state index contributed by atoms with van der Waals surface area (Å²) in [5, 5.41) is 20.9. The summed E-state index contributed by atoms with van der Waals surface area (Å²) in [7, 11) is 0. The van der Waals surface area contributed by atoms with Crippen LogP contribution in [0.3, 0.4) is 0 Å². The number of aliphatic hydroxyl groups is 1. The lowest BCUT2D eigenvalue weighted by Gasteiger charge is -2.23. The minimum atomic E-state index is -0.777. The number of H-pyrrole nitrogens is 2. The molecule has 0 fully saturated rings. The molecule has 0 aliphatic carbocycles. The average Bonchev–Trinajstić information content (AvgIpc) is 3.60. The van der Waals surface area contributed by atoms with Crippen molar-refractivity contribution >= 4 is 27.8 Å². The first-order valence-electron chi connectivity index (χ1n) is 12.4. The van der Waals surface area contributed by atoms with E-state index in [2.05, 4.69) is 40.4 Å². The summed E-state index contributed by atoms with van der Waals surface area (Å²) >= 11 is 0. The van der Waals surface area contributed by atoms with Gasteiger partial charge in [0.25, 0.3) is 0 Å². The maximum atomic E-state index is 16.1. The molecule has 0 aliphatic heterocycles. The first-order chi connectivity index (χ1) is 18.7. The molecule has 1 atom stereocenters. The lowest BCUT2D eigenvalue weighted by molar-refractivity contribution is 0.145. The van der Waals surface area contributed by atoms with Gasteiger partial charge in [-0.15, -0.1) is 0 Å². The van der Waals surface area contributed by atoms with Crippen molar-refractivity contribution in [1.82, 2.24) is 44.7 Å². The van der Waals surface area contributed by atoms with Gasteiger partial charge in [0.2, 0.25) is 0 Å². The number of nitrogens with one attached hydrogen (secondary N) is 3. The minimum absolute atomic E-state index is 0.0709. The lowest BCUT2D eigenvalue weighted by atomic mass is 9.91. The number of aryl methyl sites for hydroxylation is 1. The Morgan fingerprint density at radius 1 is 1.13 bits per heavy atom. The number of nitrogens with zero attached hydrogens (tertiary/aromatic N) is 7. The van der Waals surface area contributed by atoms with Crippen LogP contribution >= 0.6 is 0 Å². The molecule has 4 N–H and O–H groups in total. The van der Waals surface area contributed by atoms with E-state index in [1.165, 1.54) is 12.4 Å². The number of aromatic nitrogens is 9. The van der Waals surface area contributed by atoms with Gasteiger partial charge >= 0.3 is 0 Å². The van der Waals surface area contributed by atoms with Crippen molar-refractivity contribution in [3.05, 3.63) is 61.0 Å². The molecule has 12 heteroatoms. The molecule has 0 amide bonds. The van der Waals surface area contributed by atoms with Crippen molar-refractivity contribution in [2.75, 3.05) is 5.32 Å². The number of pyridine rings is 3. The van der Waals surface area contributed by atoms with Gasteiger partial charge in [0.1, 0.15) is 23.1 Å². The molecule has 6 heterocycles. The Balaban J connectivity index is 1.40. The highest BCUT2D eigenvalue weighted by Crippen LogP contribution is 2.33. The largest absolute Gasteiger partial charge is 0.374 e. The van der Waals surface area contributed by atoms with Crippen LogP contribution in [0.15, 0.2) is 49.4 Å². The van der Waals surface area contributed by atoms with Gasteiger partial charge in [0.05, 0.1) is 46.7 Å². The number of hydrogen-bond acceptors (Lipinski definition) is 8. The SMILES string of the molecule is Cc1cn(-c2ccnc3[nH]c(-c4n[nH]c5cnc(-c6cncc(NC(O)CC(C)(C)C)c6)c(F)c45)nc23)cn1. The summed E-state index contributed by atoms with van der Waals surface area (Å²) < 4.78 is 17.9. The second kappa shape index (κ2) is 9.24. The van der Waals surface area contributed by atoms with Crippen LogP contribution in [0.1, 0.15) is 32.9 Å². The smallest absolute Gasteiger partial charge is 0.161 e. The Kier molecular flexibility index (Phi) is 5.83. The topological polar surface area (TPSA) is 146 Å². The number of fused-ring (bicyclic) bond motifs is 2. The highest BCUT2D eigenvalue weighted by atomic mass is 19.1. The molecule has 0 saturated carbocycles. The summed E-state index contributed by atoms with van der Waals surface area (Å²) in [5.41, 5.74) is 4.58. The van der Waals surface area contributed by atoms with Crippen LogP contribution in [0, 0.1) is 18.2 Å². The van der Waals surface area contributed by atoms with E-state index in [0.29, 0.717) is 45.9 Å². The number of imidazole rings is 2. The van der Waals surface area contributed by atoms with Crippen molar-refractivity contribution in [1.29, 1.82) is 0 Å². The molecule has 6 aromatic heterocycles. The van der Waals surface area contributed by atoms with Crippen molar-refractivity contribution in [2.24, 2.45) is 5.41 Å². The Morgan fingerprint density at radius 3 is 2.74 bits per heavy atom. The number of halogens is 1. The Hall–Kier alpha value is -4.71. The van der Waals surface area contributed by atoms with Crippen LogP contribution in [0.2, 0.25) is 0 Å². The van der Waals surface area contributed by atoms with E-state index < -0.39 is 12.0 Å². The zero-order chi connectivity index (χ0) is 27.3. The van der Waals surface area contributed by atoms with Crippen molar-refractivity contribution in [3.8, 4) is 28.5 Å². The maximum absolute atomic E-state index is 16.1. The predicted octanol–water partition coefficient (Wildman–Crippen LogP) is 4.76. The molecule has 1 unspecified atom stereocenters. The van der Waals surface area contributed by atoms with Gasteiger partial charge in [-0.3, -0.25) is 15.1 Å². The molecule has 39 heavy (non-hydrogen) atoms. The quantitative estimate of drug-likeness (QED) is 0.227. The zero-order valence-electron chi connectivity index (χ0n) is 21.9. The van der Waals surface area contributed by atoms with Gasteiger partial charge in [-0.1, -0.05) is 20.8 Å². The average molecular weight is 527 g/mol. The normalized spacial score (nSPS) is 12.9. The fourth-order valence-electron chi connectivity index (χ4n) is 4.59. The fourth-order valence-corrected chi connectivity index (χ4v) is 4.59. The van der Waals surface area contributed by atoms with Crippen molar-refractivity contribution < 1.29 is 9.50 Å². The molecule has 198 valence electrons. The predicted molar refractivity (Wildman–Crippen MR) is 146 cm³/mol. The third-order valence-corrected chi connectivity index (χ3v) is 6.27. The monoisotopic (exact) mass is 526 g/mol. The van der Waals surface area contributed by atoms with Crippen molar-refractivity contribution in [3.63, 3.8) is 0 Å². The molecule has 0 radical (unpaired) electrons. The number of aromatic amines is 2. The van der Waals surface area contributed by atoms with Gasteiger partial charge in [0.15, 0.2) is 17.3 Å². The summed E-state index contributed by atoms with van der Waals surface area (Å²) in [6.07, 6.45) is 9.66. The van der Waals surface area contributed by atoms with Crippen LogP contribution in [-0.4, -0.2) is 56.0 Å². The van der Waals surface area contributed by atoms with E-state index in [9.17, 15) is 5.11 Å².